The smallest absolute Gasteiger partial charge is 0.272 e. The predicted molar refractivity (Wildman–Crippen MR) is 110 cm³/mol. The van der Waals surface area contributed by atoms with Gasteiger partial charge in [-0.25, -0.2) is 9.97 Å². The molecule has 2 aromatic rings. The van der Waals surface area contributed by atoms with Gasteiger partial charge in [-0.2, -0.15) is 0 Å². The van der Waals surface area contributed by atoms with E-state index in [1.807, 2.05) is 17.0 Å². The summed E-state index contributed by atoms with van der Waals surface area (Å²) in [5, 5.41) is 3.40. The third-order valence-electron chi connectivity index (χ3n) is 5.24. The van der Waals surface area contributed by atoms with E-state index in [0.717, 1.165) is 45.1 Å². The van der Waals surface area contributed by atoms with E-state index in [1.165, 1.54) is 0 Å². The quantitative estimate of drug-likeness (QED) is 0.758. The summed E-state index contributed by atoms with van der Waals surface area (Å²) in [6, 6.07) is 5.55. The molecule has 2 fully saturated rings. The van der Waals surface area contributed by atoms with Crippen LogP contribution in [0.5, 0.6) is 0 Å². The van der Waals surface area contributed by atoms with Crippen molar-refractivity contribution < 1.29 is 9.53 Å². The lowest BCUT2D eigenvalue weighted by molar-refractivity contribution is 0.0398. The van der Waals surface area contributed by atoms with E-state index in [0.29, 0.717) is 37.8 Å². The zero-order valence-electron chi connectivity index (χ0n) is 16.5. The molecule has 9 nitrogen and oxygen atoms in total. The van der Waals surface area contributed by atoms with Crippen LogP contribution in [0.25, 0.3) is 0 Å². The fourth-order valence-corrected chi connectivity index (χ4v) is 3.57. The number of hydrogen-bond donors (Lipinski definition) is 1. The first-order valence-corrected chi connectivity index (χ1v) is 10.1. The molecular weight excluding hydrogens is 370 g/mol. The molecule has 2 saturated heterocycles. The van der Waals surface area contributed by atoms with Crippen molar-refractivity contribution in [1.82, 2.24) is 24.8 Å². The second-order valence-electron chi connectivity index (χ2n) is 7.14. The van der Waals surface area contributed by atoms with Crippen LogP contribution < -0.4 is 10.2 Å². The minimum Gasteiger partial charge on any atom is -0.384 e. The molecule has 2 aromatic heterocycles. The lowest BCUT2D eigenvalue weighted by Gasteiger charge is -2.34. The number of piperazine rings is 1. The van der Waals surface area contributed by atoms with E-state index in [1.54, 1.807) is 24.7 Å². The summed E-state index contributed by atoms with van der Waals surface area (Å²) < 4.78 is 5.37. The summed E-state index contributed by atoms with van der Waals surface area (Å²) in [6.07, 6.45) is 5.17. The Hall–Kier alpha value is -2.78. The highest BCUT2D eigenvalue weighted by molar-refractivity contribution is 5.93. The lowest BCUT2D eigenvalue weighted by Crippen LogP contribution is -2.49. The average Bonchev–Trinajstić information content (AvgIpc) is 2.80. The van der Waals surface area contributed by atoms with Gasteiger partial charge >= 0.3 is 0 Å². The third kappa shape index (κ3) is 5.18. The molecule has 9 heteroatoms. The van der Waals surface area contributed by atoms with Gasteiger partial charge in [-0.1, -0.05) is 0 Å². The highest BCUT2D eigenvalue weighted by Gasteiger charge is 2.24. The molecule has 2 aliphatic rings. The summed E-state index contributed by atoms with van der Waals surface area (Å²) in [5.41, 5.74) is 1.40. The number of nitrogens with zero attached hydrogens (tertiary/aromatic N) is 6. The van der Waals surface area contributed by atoms with Crippen molar-refractivity contribution in [3.05, 3.63) is 42.5 Å². The van der Waals surface area contributed by atoms with Crippen LogP contribution in [0.1, 0.15) is 10.5 Å². The second kappa shape index (κ2) is 9.62. The van der Waals surface area contributed by atoms with Crippen molar-refractivity contribution in [3.63, 3.8) is 0 Å². The number of morpholine rings is 1. The molecule has 0 spiro atoms. The number of carbonyl (C=O) groups excluding carboxylic acids is 1. The van der Waals surface area contributed by atoms with Crippen molar-refractivity contribution in [2.45, 2.75) is 0 Å². The predicted octanol–water partition coefficient (Wildman–Crippen LogP) is 0.578. The number of rotatable bonds is 6. The van der Waals surface area contributed by atoms with Crippen molar-refractivity contribution in [3.8, 4) is 0 Å². The zero-order chi connectivity index (χ0) is 19.9. The maximum atomic E-state index is 12.9. The van der Waals surface area contributed by atoms with Gasteiger partial charge in [0, 0.05) is 76.6 Å². The first-order valence-electron chi connectivity index (χ1n) is 10.1. The van der Waals surface area contributed by atoms with Gasteiger partial charge in [0.2, 0.25) is 5.95 Å². The molecule has 0 bridgehead atoms. The molecule has 2 aliphatic heterocycles. The SMILES string of the molecule is O=C(c1cc(NCCN2CCOCC2)ccn1)N1CCN(c2ncccn2)CC1. The number of hydrogen-bond acceptors (Lipinski definition) is 8. The molecule has 1 N–H and O–H groups in total. The van der Waals surface area contributed by atoms with Gasteiger partial charge in [0.15, 0.2) is 0 Å². The number of carbonyl (C=O) groups is 1. The Balaban J connectivity index is 1.28. The molecule has 0 saturated carbocycles. The van der Waals surface area contributed by atoms with Crippen LogP contribution in [0.4, 0.5) is 11.6 Å². The van der Waals surface area contributed by atoms with Gasteiger partial charge in [0.25, 0.3) is 5.91 Å². The Labute approximate surface area is 170 Å². The fourth-order valence-electron chi connectivity index (χ4n) is 3.57. The largest absolute Gasteiger partial charge is 0.384 e. The highest BCUT2D eigenvalue weighted by Crippen LogP contribution is 2.14. The van der Waals surface area contributed by atoms with Crippen LogP contribution >= 0.6 is 0 Å². The maximum Gasteiger partial charge on any atom is 0.272 e. The van der Waals surface area contributed by atoms with E-state index in [-0.39, 0.29) is 5.91 Å². The minimum atomic E-state index is -0.0320. The van der Waals surface area contributed by atoms with Gasteiger partial charge in [0.1, 0.15) is 5.69 Å². The molecule has 29 heavy (non-hydrogen) atoms. The second-order valence-corrected chi connectivity index (χ2v) is 7.14. The van der Waals surface area contributed by atoms with Crippen LogP contribution in [0.15, 0.2) is 36.8 Å². The standard InChI is InChI=1S/C20H27N7O2/c28-19(26-8-10-27(11-9-26)20-23-3-1-4-24-20)18-16-17(2-5-22-18)21-6-7-25-12-14-29-15-13-25/h1-5,16H,6-15H2,(H,21,22). The molecule has 0 unspecified atom stereocenters. The first-order chi connectivity index (χ1) is 14.3. The first kappa shape index (κ1) is 19.5. The molecule has 0 aliphatic carbocycles. The van der Waals surface area contributed by atoms with Crippen molar-refractivity contribution in [2.24, 2.45) is 0 Å². The van der Waals surface area contributed by atoms with E-state index in [2.05, 4.69) is 30.1 Å². The molecule has 4 rings (SSSR count). The Morgan fingerprint density at radius 2 is 1.76 bits per heavy atom. The van der Waals surface area contributed by atoms with E-state index in [4.69, 9.17) is 4.74 Å². The van der Waals surface area contributed by atoms with Crippen LogP contribution in [-0.2, 0) is 4.74 Å². The van der Waals surface area contributed by atoms with Gasteiger partial charge < -0.3 is 19.9 Å². The molecule has 1 amide bonds. The number of ether oxygens (including phenoxy) is 1. The third-order valence-corrected chi connectivity index (χ3v) is 5.24. The van der Waals surface area contributed by atoms with Gasteiger partial charge in [0.05, 0.1) is 13.2 Å². The summed E-state index contributed by atoms with van der Waals surface area (Å²) >= 11 is 0. The Kier molecular flexibility index (Phi) is 6.48. The summed E-state index contributed by atoms with van der Waals surface area (Å²) in [7, 11) is 0. The van der Waals surface area contributed by atoms with Crippen LogP contribution in [0.3, 0.4) is 0 Å². The Morgan fingerprint density at radius 1 is 1.00 bits per heavy atom. The fraction of sp³-hybridized carbons (Fsp3) is 0.500. The number of aromatic nitrogens is 3. The van der Waals surface area contributed by atoms with Crippen molar-refractivity contribution in [1.29, 1.82) is 0 Å². The van der Waals surface area contributed by atoms with Gasteiger partial charge in [-0.05, 0) is 18.2 Å². The number of amides is 1. The molecule has 0 radical (unpaired) electrons. The number of anilines is 2. The normalized spacial score (nSPS) is 17.9. The highest BCUT2D eigenvalue weighted by atomic mass is 16.5. The van der Waals surface area contributed by atoms with E-state index in [9.17, 15) is 4.79 Å². The van der Waals surface area contributed by atoms with E-state index >= 15 is 0 Å². The summed E-state index contributed by atoms with van der Waals surface area (Å²) in [4.78, 5) is 32.1. The minimum absolute atomic E-state index is 0.0320. The molecule has 0 aromatic carbocycles. The zero-order valence-corrected chi connectivity index (χ0v) is 16.5. The topological polar surface area (TPSA) is 86.7 Å². The molecule has 4 heterocycles. The van der Waals surface area contributed by atoms with Gasteiger partial charge in [-0.3, -0.25) is 14.7 Å². The number of nitrogens with one attached hydrogen (secondary N) is 1. The monoisotopic (exact) mass is 397 g/mol. The van der Waals surface area contributed by atoms with Crippen molar-refractivity contribution in [2.75, 3.05) is 75.8 Å². The lowest BCUT2D eigenvalue weighted by atomic mass is 10.2. The van der Waals surface area contributed by atoms with Crippen LogP contribution in [0, 0.1) is 0 Å². The van der Waals surface area contributed by atoms with E-state index < -0.39 is 0 Å². The Morgan fingerprint density at radius 3 is 2.52 bits per heavy atom. The summed E-state index contributed by atoms with van der Waals surface area (Å²) in [6.45, 7) is 8.03. The number of pyridine rings is 1. The van der Waals surface area contributed by atoms with Gasteiger partial charge in [-0.15, -0.1) is 0 Å². The molecular formula is C20H27N7O2. The average molecular weight is 397 g/mol. The maximum absolute atomic E-state index is 12.9. The van der Waals surface area contributed by atoms with Crippen LogP contribution in [-0.4, -0.2) is 96.2 Å². The Bertz CT molecular complexity index is 790. The van der Waals surface area contributed by atoms with Crippen molar-refractivity contribution >= 4 is 17.5 Å². The molecule has 154 valence electrons. The van der Waals surface area contributed by atoms with Crippen LogP contribution in [0.2, 0.25) is 0 Å². The summed E-state index contributed by atoms with van der Waals surface area (Å²) in [5.74, 6) is 0.680. The molecule has 0 atom stereocenters.